The second-order valence-electron chi connectivity index (χ2n) is 4.56. The highest BCUT2D eigenvalue weighted by atomic mass is 35.5. The molecule has 0 aliphatic carbocycles. The smallest absolute Gasteiger partial charge is 0.179 e. The second kappa shape index (κ2) is 5.78. The van der Waals surface area contributed by atoms with Crippen LogP contribution in [0.25, 0.3) is 0 Å². The van der Waals surface area contributed by atoms with Gasteiger partial charge < -0.3 is 15.2 Å². The van der Waals surface area contributed by atoms with Gasteiger partial charge >= 0.3 is 0 Å². The number of nitrogens with two attached hydrogens (primary N) is 1. The van der Waals surface area contributed by atoms with Gasteiger partial charge in [-0.25, -0.2) is 0 Å². The van der Waals surface area contributed by atoms with E-state index in [0.717, 1.165) is 31.6 Å². The Bertz CT molecular complexity index is 426. The van der Waals surface area contributed by atoms with Crippen molar-refractivity contribution in [3.63, 3.8) is 0 Å². The summed E-state index contributed by atoms with van der Waals surface area (Å²) in [7, 11) is 3.20. The van der Waals surface area contributed by atoms with Crippen LogP contribution in [0.1, 0.15) is 12.0 Å². The molecule has 1 atom stereocenters. The van der Waals surface area contributed by atoms with E-state index in [0.29, 0.717) is 16.5 Å². The van der Waals surface area contributed by atoms with E-state index in [9.17, 15) is 0 Å². The average molecular weight is 271 g/mol. The first-order valence-electron chi connectivity index (χ1n) is 6.03. The first-order valence-corrected chi connectivity index (χ1v) is 6.40. The van der Waals surface area contributed by atoms with Gasteiger partial charge in [-0.15, -0.1) is 0 Å². The zero-order valence-electron chi connectivity index (χ0n) is 10.8. The predicted molar refractivity (Wildman–Crippen MR) is 72.4 cm³/mol. The minimum absolute atomic E-state index is 0.281. The number of methoxy groups -OCH3 is 2. The van der Waals surface area contributed by atoms with E-state index in [1.54, 1.807) is 14.2 Å². The Labute approximate surface area is 113 Å². The Kier molecular flexibility index (Phi) is 4.32. The number of hydrogen-bond donors (Lipinski definition) is 1. The third kappa shape index (κ3) is 2.71. The Morgan fingerprint density at radius 2 is 2.17 bits per heavy atom. The van der Waals surface area contributed by atoms with Crippen LogP contribution in [0.4, 0.5) is 0 Å². The van der Waals surface area contributed by atoms with E-state index < -0.39 is 0 Å². The number of benzene rings is 1. The lowest BCUT2D eigenvalue weighted by molar-refractivity contribution is 0.323. The van der Waals surface area contributed by atoms with E-state index in [2.05, 4.69) is 4.90 Å². The highest BCUT2D eigenvalue weighted by Crippen LogP contribution is 2.37. The van der Waals surface area contributed by atoms with Crippen molar-refractivity contribution in [2.24, 2.45) is 5.73 Å². The van der Waals surface area contributed by atoms with Crippen molar-refractivity contribution in [1.29, 1.82) is 0 Å². The lowest BCUT2D eigenvalue weighted by Crippen LogP contribution is -2.26. The van der Waals surface area contributed by atoms with Crippen molar-refractivity contribution in [3.05, 3.63) is 22.7 Å². The molecule has 1 saturated heterocycles. The molecule has 0 radical (unpaired) electrons. The molecule has 0 bridgehead atoms. The molecule has 1 heterocycles. The molecule has 1 fully saturated rings. The Hall–Kier alpha value is -0.970. The highest BCUT2D eigenvalue weighted by Gasteiger charge is 2.21. The van der Waals surface area contributed by atoms with E-state index in [1.807, 2.05) is 12.1 Å². The zero-order chi connectivity index (χ0) is 13.1. The van der Waals surface area contributed by atoms with Crippen LogP contribution < -0.4 is 15.2 Å². The van der Waals surface area contributed by atoms with Crippen LogP contribution in [0.5, 0.6) is 11.5 Å². The van der Waals surface area contributed by atoms with Crippen LogP contribution in [-0.2, 0) is 6.54 Å². The molecule has 18 heavy (non-hydrogen) atoms. The summed E-state index contributed by atoms with van der Waals surface area (Å²) < 4.78 is 10.5. The van der Waals surface area contributed by atoms with Crippen LogP contribution >= 0.6 is 11.6 Å². The molecule has 100 valence electrons. The monoisotopic (exact) mass is 270 g/mol. The summed E-state index contributed by atoms with van der Waals surface area (Å²) in [4.78, 5) is 2.30. The van der Waals surface area contributed by atoms with Crippen LogP contribution in [-0.4, -0.2) is 38.3 Å². The average Bonchev–Trinajstić information content (AvgIpc) is 2.77. The van der Waals surface area contributed by atoms with E-state index in [4.69, 9.17) is 26.8 Å². The molecule has 4 nitrogen and oxygen atoms in total. The van der Waals surface area contributed by atoms with Crippen molar-refractivity contribution in [3.8, 4) is 11.5 Å². The molecule has 2 rings (SSSR count). The van der Waals surface area contributed by atoms with Crippen LogP contribution in [0.3, 0.4) is 0 Å². The molecule has 2 N–H and O–H groups in total. The summed E-state index contributed by atoms with van der Waals surface area (Å²) in [6.45, 7) is 2.74. The minimum atomic E-state index is 0.281. The molecule has 1 aromatic rings. The quantitative estimate of drug-likeness (QED) is 0.908. The molecule has 0 amide bonds. The number of ether oxygens (including phenoxy) is 2. The Morgan fingerprint density at radius 3 is 2.72 bits per heavy atom. The Morgan fingerprint density at radius 1 is 1.39 bits per heavy atom. The van der Waals surface area contributed by atoms with Gasteiger partial charge in [0.05, 0.1) is 19.2 Å². The van der Waals surface area contributed by atoms with Gasteiger partial charge in [0.15, 0.2) is 11.5 Å². The summed E-state index contributed by atoms with van der Waals surface area (Å²) >= 11 is 6.34. The summed E-state index contributed by atoms with van der Waals surface area (Å²) in [6.07, 6.45) is 1.05. The van der Waals surface area contributed by atoms with Gasteiger partial charge in [-0.3, -0.25) is 4.90 Å². The van der Waals surface area contributed by atoms with Gasteiger partial charge in [0.1, 0.15) is 0 Å². The fraction of sp³-hybridized carbons (Fsp3) is 0.538. The van der Waals surface area contributed by atoms with Gasteiger partial charge in [0.25, 0.3) is 0 Å². The fourth-order valence-electron chi connectivity index (χ4n) is 2.30. The summed E-state index contributed by atoms with van der Waals surface area (Å²) in [5.41, 5.74) is 6.94. The van der Waals surface area contributed by atoms with E-state index in [1.165, 1.54) is 0 Å². The third-order valence-electron chi connectivity index (χ3n) is 3.27. The largest absolute Gasteiger partial charge is 0.493 e. The molecule has 0 aromatic heterocycles. The standard InChI is InChI=1S/C13H19ClN2O2/c1-17-11-4-3-9(12(14)13(11)18-2)7-16-6-5-10(15)8-16/h3-4,10H,5-8,15H2,1-2H3. The molecule has 1 unspecified atom stereocenters. The molecule has 5 heteroatoms. The van der Waals surface area contributed by atoms with Crippen LogP contribution in [0, 0.1) is 0 Å². The highest BCUT2D eigenvalue weighted by molar-refractivity contribution is 6.33. The summed E-state index contributed by atoms with van der Waals surface area (Å²) in [6, 6.07) is 4.15. The SMILES string of the molecule is COc1ccc(CN2CCC(N)C2)c(Cl)c1OC. The first kappa shape index (κ1) is 13.5. The molecule has 1 aliphatic heterocycles. The maximum atomic E-state index is 6.34. The molecule has 0 saturated carbocycles. The Balaban J connectivity index is 2.18. The summed E-state index contributed by atoms with van der Waals surface area (Å²) in [5.74, 6) is 1.25. The minimum Gasteiger partial charge on any atom is -0.493 e. The summed E-state index contributed by atoms with van der Waals surface area (Å²) in [5, 5.41) is 0.623. The zero-order valence-corrected chi connectivity index (χ0v) is 11.5. The number of likely N-dealkylation sites (tertiary alicyclic amines) is 1. The lowest BCUT2D eigenvalue weighted by atomic mass is 10.2. The maximum absolute atomic E-state index is 6.34. The van der Waals surface area contributed by atoms with Gasteiger partial charge in [0, 0.05) is 25.7 Å². The van der Waals surface area contributed by atoms with Gasteiger partial charge in [-0.2, -0.15) is 0 Å². The molecule has 1 aromatic carbocycles. The topological polar surface area (TPSA) is 47.7 Å². The number of nitrogens with zero attached hydrogens (tertiary/aromatic N) is 1. The number of hydrogen-bond acceptors (Lipinski definition) is 4. The predicted octanol–water partition coefficient (Wildman–Crippen LogP) is 1.89. The first-order chi connectivity index (χ1) is 8.65. The second-order valence-corrected chi connectivity index (χ2v) is 4.94. The number of rotatable bonds is 4. The van der Waals surface area contributed by atoms with Crippen LogP contribution in [0.15, 0.2) is 12.1 Å². The van der Waals surface area contributed by atoms with Crippen molar-refractivity contribution in [2.45, 2.75) is 19.0 Å². The normalized spacial score (nSPS) is 20.1. The van der Waals surface area contributed by atoms with Crippen molar-refractivity contribution in [2.75, 3.05) is 27.3 Å². The fourth-order valence-corrected chi connectivity index (χ4v) is 2.59. The number of halogens is 1. The maximum Gasteiger partial charge on any atom is 0.179 e. The molecule has 1 aliphatic rings. The lowest BCUT2D eigenvalue weighted by Gasteiger charge is -2.18. The van der Waals surface area contributed by atoms with Crippen molar-refractivity contribution < 1.29 is 9.47 Å². The molecule has 0 spiro atoms. The van der Waals surface area contributed by atoms with Gasteiger partial charge in [-0.05, 0) is 18.1 Å². The molecular weight excluding hydrogens is 252 g/mol. The van der Waals surface area contributed by atoms with E-state index in [-0.39, 0.29) is 6.04 Å². The van der Waals surface area contributed by atoms with Crippen molar-refractivity contribution in [1.82, 2.24) is 4.90 Å². The third-order valence-corrected chi connectivity index (χ3v) is 3.68. The van der Waals surface area contributed by atoms with Gasteiger partial charge in [0.2, 0.25) is 0 Å². The van der Waals surface area contributed by atoms with E-state index >= 15 is 0 Å². The van der Waals surface area contributed by atoms with Gasteiger partial charge in [-0.1, -0.05) is 17.7 Å². The van der Waals surface area contributed by atoms with Crippen molar-refractivity contribution >= 4 is 11.6 Å². The van der Waals surface area contributed by atoms with Crippen LogP contribution in [0.2, 0.25) is 5.02 Å². The molecular formula is C13H19ClN2O2.